The van der Waals surface area contributed by atoms with Crippen molar-refractivity contribution in [2.45, 2.75) is 17.8 Å². The number of hydrogen-bond donors (Lipinski definition) is 0. The van der Waals surface area contributed by atoms with Gasteiger partial charge in [0.25, 0.3) is 0 Å². The number of pyridine rings is 1. The molecule has 6 nitrogen and oxygen atoms in total. The number of likely N-dealkylation sites (N-methyl/N-ethyl adjacent to an activating group) is 1. The van der Waals surface area contributed by atoms with E-state index in [0.29, 0.717) is 29.6 Å². The van der Waals surface area contributed by atoms with Gasteiger partial charge in [0.2, 0.25) is 11.7 Å². The van der Waals surface area contributed by atoms with Gasteiger partial charge in [0.05, 0.1) is 6.54 Å². The lowest BCUT2D eigenvalue weighted by Crippen LogP contribution is -2.36. The second-order valence-electron chi connectivity index (χ2n) is 5.75. The molecule has 0 saturated carbocycles. The van der Waals surface area contributed by atoms with E-state index in [-0.39, 0.29) is 0 Å². The van der Waals surface area contributed by atoms with Crippen LogP contribution in [0.3, 0.4) is 0 Å². The van der Waals surface area contributed by atoms with Crippen LogP contribution in [0.15, 0.2) is 29.0 Å². The van der Waals surface area contributed by atoms with E-state index in [2.05, 4.69) is 45.3 Å². The molecule has 1 fully saturated rings. The summed E-state index contributed by atoms with van der Waals surface area (Å²) in [6.07, 6.45) is 5.66. The minimum atomic E-state index is 0.565. The Morgan fingerprint density at radius 1 is 1.41 bits per heavy atom. The van der Waals surface area contributed by atoms with E-state index in [0.717, 1.165) is 18.7 Å². The minimum Gasteiger partial charge on any atom is -0.338 e. The van der Waals surface area contributed by atoms with E-state index in [9.17, 15) is 0 Å². The molecule has 118 valence electrons. The molecule has 7 heteroatoms. The molecule has 0 aliphatic carbocycles. The Bertz CT molecular complexity index is 603. The summed E-state index contributed by atoms with van der Waals surface area (Å²) in [5.41, 5.74) is 0.882. The summed E-state index contributed by atoms with van der Waals surface area (Å²) >= 11 is 1.93. The first-order valence-corrected chi connectivity index (χ1v) is 8.60. The molecular formula is C15H21N5OS. The second-order valence-corrected chi connectivity index (χ2v) is 6.83. The number of hydrogen-bond acceptors (Lipinski definition) is 7. The summed E-state index contributed by atoms with van der Waals surface area (Å²) in [4.78, 5) is 13.3. The van der Waals surface area contributed by atoms with Crippen LogP contribution in [-0.2, 0) is 6.54 Å². The van der Waals surface area contributed by atoms with Crippen molar-refractivity contribution >= 4 is 11.8 Å². The quantitative estimate of drug-likeness (QED) is 0.830. The monoisotopic (exact) mass is 319 g/mol. The van der Waals surface area contributed by atoms with Crippen molar-refractivity contribution in [1.29, 1.82) is 0 Å². The van der Waals surface area contributed by atoms with E-state index in [4.69, 9.17) is 4.52 Å². The van der Waals surface area contributed by atoms with Crippen molar-refractivity contribution in [1.82, 2.24) is 24.9 Å². The fourth-order valence-electron chi connectivity index (χ4n) is 2.81. The number of rotatable bonds is 5. The molecule has 0 radical (unpaired) electrons. The Morgan fingerprint density at radius 3 is 2.91 bits per heavy atom. The van der Waals surface area contributed by atoms with Gasteiger partial charge in [0, 0.05) is 42.3 Å². The van der Waals surface area contributed by atoms with Crippen LogP contribution in [0.25, 0.3) is 11.4 Å². The smallest absolute Gasteiger partial charge is 0.241 e. The Balaban J connectivity index is 1.66. The van der Waals surface area contributed by atoms with Crippen molar-refractivity contribution < 1.29 is 4.52 Å². The Morgan fingerprint density at radius 2 is 2.27 bits per heavy atom. The van der Waals surface area contributed by atoms with Crippen LogP contribution in [-0.4, -0.2) is 69.7 Å². The molecule has 3 rings (SSSR count). The molecular weight excluding hydrogens is 298 g/mol. The maximum atomic E-state index is 5.39. The van der Waals surface area contributed by atoms with Gasteiger partial charge >= 0.3 is 0 Å². The van der Waals surface area contributed by atoms with E-state index < -0.39 is 0 Å². The minimum absolute atomic E-state index is 0.565. The van der Waals surface area contributed by atoms with E-state index in [1.54, 1.807) is 12.4 Å². The maximum absolute atomic E-state index is 5.39. The van der Waals surface area contributed by atoms with Gasteiger partial charge in [-0.1, -0.05) is 5.16 Å². The Kier molecular flexibility index (Phi) is 4.75. The number of likely N-dealkylation sites (tertiary alicyclic amines) is 1. The third kappa shape index (κ3) is 3.31. The van der Waals surface area contributed by atoms with Crippen molar-refractivity contribution in [3.8, 4) is 11.4 Å². The topological polar surface area (TPSA) is 58.3 Å². The molecule has 2 aromatic heterocycles. The van der Waals surface area contributed by atoms with Crippen molar-refractivity contribution in [2.24, 2.45) is 0 Å². The zero-order chi connectivity index (χ0) is 15.5. The van der Waals surface area contributed by atoms with Gasteiger partial charge in [0.15, 0.2) is 0 Å². The van der Waals surface area contributed by atoms with Crippen molar-refractivity contribution in [3.63, 3.8) is 0 Å². The zero-order valence-electron chi connectivity index (χ0n) is 13.1. The Labute approximate surface area is 134 Å². The predicted octanol–water partition coefficient (Wildman–Crippen LogP) is 1.61. The van der Waals surface area contributed by atoms with Gasteiger partial charge in [-0.25, -0.2) is 0 Å². The first-order valence-electron chi connectivity index (χ1n) is 7.32. The van der Waals surface area contributed by atoms with Gasteiger partial charge in [-0.3, -0.25) is 9.88 Å². The molecule has 0 bridgehead atoms. The van der Waals surface area contributed by atoms with Crippen molar-refractivity contribution in [3.05, 3.63) is 30.4 Å². The van der Waals surface area contributed by atoms with Gasteiger partial charge in [-0.15, -0.1) is 0 Å². The van der Waals surface area contributed by atoms with Gasteiger partial charge < -0.3 is 9.42 Å². The SMILES string of the molecule is CSC1CN(Cc2nc(-c3cccnc3)no2)CC1N(C)C. The van der Waals surface area contributed by atoms with Crippen LogP contribution in [0.5, 0.6) is 0 Å². The fourth-order valence-corrected chi connectivity index (χ4v) is 3.82. The van der Waals surface area contributed by atoms with Crippen LogP contribution in [0.4, 0.5) is 0 Å². The normalized spacial score (nSPS) is 22.5. The maximum Gasteiger partial charge on any atom is 0.241 e. The van der Waals surface area contributed by atoms with Gasteiger partial charge in [-0.05, 0) is 32.5 Å². The highest BCUT2D eigenvalue weighted by molar-refractivity contribution is 7.99. The lowest BCUT2D eigenvalue weighted by atomic mass is 10.2. The van der Waals surface area contributed by atoms with Crippen molar-refractivity contribution in [2.75, 3.05) is 33.4 Å². The molecule has 2 unspecified atom stereocenters. The van der Waals surface area contributed by atoms with Crippen LogP contribution in [0, 0.1) is 0 Å². The molecule has 3 heterocycles. The third-order valence-electron chi connectivity index (χ3n) is 4.03. The molecule has 22 heavy (non-hydrogen) atoms. The number of nitrogens with zero attached hydrogens (tertiary/aromatic N) is 5. The van der Waals surface area contributed by atoms with E-state index in [1.165, 1.54) is 0 Å². The molecule has 1 aliphatic heterocycles. The van der Waals surface area contributed by atoms with Gasteiger partial charge in [-0.2, -0.15) is 16.7 Å². The highest BCUT2D eigenvalue weighted by Gasteiger charge is 2.34. The zero-order valence-corrected chi connectivity index (χ0v) is 14.0. The molecule has 2 aromatic rings. The Hall–Kier alpha value is -1.44. The molecule has 1 aliphatic rings. The van der Waals surface area contributed by atoms with Crippen LogP contribution in [0.1, 0.15) is 5.89 Å². The van der Waals surface area contributed by atoms with Crippen LogP contribution < -0.4 is 0 Å². The highest BCUT2D eigenvalue weighted by Crippen LogP contribution is 2.25. The molecule has 0 spiro atoms. The average Bonchev–Trinajstić information content (AvgIpc) is 3.15. The molecule has 2 atom stereocenters. The summed E-state index contributed by atoms with van der Waals surface area (Å²) in [6, 6.07) is 4.37. The summed E-state index contributed by atoms with van der Waals surface area (Å²) in [5, 5.41) is 4.67. The summed E-state index contributed by atoms with van der Waals surface area (Å²) < 4.78 is 5.39. The summed E-state index contributed by atoms with van der Waals surface area (Å²) in [7, 11) is 4.29. The first kappa shape index (κ1) is 15.5. The van der Waals surface area contributed by atoms with E-state index in [1.807, 2.05) is 23.9 Å². The lowest BCUT2D eigenvalue weighted by molar-refractivity contribution is 0.238. The van der Waals surface area contributed by atoms with Gasteiger partial charge in [0.1, 0.15) is 0 Å². The predicted molar refractivity (Wildman–Crippen MR) is 87.6 cm³/mol. The molecule has 0 N–H and O–H groups in total. The standard InChI is InChI=1S/C15H21N5OS/c1-19(2)12-8-20(9-13(12)22-3)10-14-17-15(18-21-14)11-5-4-6-16-7-11/h4-7,12-13H,8-10H2,1-3H3. The highest BCUT2D eigenvalue weighted by atomic mass is 32.2. The summed E-state index contributed by atoms with van der Waals surface area (Å²) in [6.45, 7) is 2.78. The fraction of sp³-hybridized carbons (Fsp3) is 0.533. The molecule has 1 saturated heterocycles. The first-order chi connectivity index (χ1) is 10.7. The second kappa shape index (κ2) is 6.76. The summed E-state index contributed by atoms with van der Waals surface area (Å²) in [5.74, 6) is 1.27. The van der Waals surface area contributed by atoms with Crippen LogP contribution in [0.2, 0.25) is 0 Å². The average molecular weight is 319 g/mol. The van der Waals surface area contributed by atoms with Crippen LogP contribution >= 0.6 is 11.8 Å². The third-order valence-corrected chi connectivity index (χ3v) is 5.09. The molecule has 0 aromatic carbocycles. The largest absolute Gasteiger partial charge is 0.338 e. The molecule has 0 amide bonds. The van der Waals surface area contributed by atoms with E-state index >= 15 is 0 Å². The number of thioether (sulfide) groups is 1. The lowest BCUT2D eigenvalue weighted by Gasteiger charge is -2.23. The number of aromatic nitrogens is 3.